The quantitative estimate of drug-likeness (QED) is 0.631. The summed E-state index contributed by atoms with van der Waals surface area (Å²) in [5, 5.41) is 1.69. The Morgan fingerprint density at radius 1 is 1.42 bits per heavy atom. The zero-order valence-corrected chi connectivity index (χ0v) is 11.9. The summed E-state index contributed by atoms with van der Waals surface area (Å²) in [6, 6.07) is 7.51. The summed E-state index contributed by atoms with van der Waals surface area (Å²) in [5.41, 5.74) is 3.62. The van der Waals surface area contributed by atoms with E-state index in [4.69, 9.17) is 26.6 Å². The molecule has 0 aliphatic heterocycles. The highest BCUT2D eigenvalue weighted by atomic mass is 35.5. The predicted octanol–water partition coefficient (Wildman–Crippen LogP) is 3.26. The van der Waals surface area contributed by atoms with Crippen molar-refractivity contribution in [3.05, 3.63) is 35.0 Å². The van der Waals surface area contributed by atoms with Crippen LogP contribution in [-0.4, -0.2) is 13.7 Å². The van der Waals surface area contributed by atoms with Gasteiger partial charge in [-0.15, -0.1) is 0 Å². The molecule has 2 aromatic rings. The van der Waals surface area contributed by atoms with E-state index >= 15 is 0 Å². The van der Waals surface area contributed by atoms with E-state index in [1.807, 2.05) is 24.3 Å². The van der Waals surface area contributed by atoms with Crippen molar-refractivity contribution in [1.82, 2.24) is 5.43 Å². The van der Waals surface area contributed by atoms with E-state index in [1.54, 1.807) is 7.11 Å². The normalized spacial score (nSPS) is 14.7. The minimum absolute atomic E-state index is 0.0312. The summed E-state index contributed by atoms with van der Waals surface area (Å²) >= 11 is 5.97. The van der Waals surface area contributed by atoms with Crippen LogP contribution in [0.15, 0.2) is 28.7 Å². The molecule has 0 radical (unpaired) electrons. The third-order valence-corrected chi connectivity index (χ3v) is 3.37. The van der Waals surface area contributed by atoms with Gasteiger partial charge in [0.2, 0.25) is 0 Å². The number of hydrazine groups is 1. The van der Waals surface area contributed by atoms with E-state index in [1.165, 1.54) is 0 Å². The first-order chi connectivity index (χ1) is 9.13. The van der Waals surface area contributed by atoms with Crippen LogP contribution in [0.1, 0.15) is 25.1 Å². The van der Waals surface area contributed by atoms with Gasteiger partial charge in [-0.3, -0.25) is 5.84 Å². The van der Waals surface area contributed by atoms with Crippen LogP contribution in [0.4, 0.5) is 0 Å². The maximum absolute atomic E-state index is 5.97. The maximum Gasteiger partial charge on any atom is 0.134 e. The summed E-state index contributed by atoms with van der Waals surface area (Å²) in [5.74, 6) is 6.84. The fourth-order valence-electron chi connectivity index (χ4n) is 2.23. The van der Waals surface area contributed by atoms with Crippen LogP contribution in [0.25, 0.3) is 11.0 Å². The van der Waals surface area contributed by atoms with Crippen LogP contribution in [0.3, 0.4) is 0 Å². The van der Waals surface area contributed by atoms with Gasteiger partial charge in [0.15, 0.2) is 0 Å². The van der Waals surface area contributed by atoms with Gasteiger partial charge in [-0.25, -0.2) is 5.43 Å². The Morgan fingerprint density at radius 3 is 2.89 bits per heavy atom. The minimum Gasteiger partial charge on any atom is -0.459 e. The zero-order chi connectivity index (χ0) is 13.8. The predicted molar refractivity (Wildman–Crippen MR) is 76.9 cm³/mol. The largest absolute Gasteiger partial charge is 0.459 e. The summed E-state index contributed by atoms with van der Waals surface area (Å²) in [6.45, 7) is 2.82. The average molecular weight is 283 g/mol. The molecule has 0 spiro atoms. The van der Waals surface area contributed by atoms with Gasteiger partial charge < -0.3 is 9.15 Å². The number of halogens is 1. The third kappa shape index (κ3) is 3.48. The first-order valence-electron chi connectivity index (χ1n) is 6.28. The molecule has 2 unspecified atom stereocenters. The lowest BCUT2D eigenvalue weighted by Gasteiger charge is -2.17. The van der Waals surface area contributed by atoms with Gasteiger partial charge in [-0.1, -0.05) is 18.5 Å². The smallest absolute Gasteiger partial charge is 0.134 e. The number of hydrogen-bond acceptors (Lipinski definition) is 4. The van der Waals surface area contributed by atoms with Crippen LogP contribution < -0.4 is 11.3 Å². The summed E-state index contributed by atoms with van der Waals surface area (Å²) < 4.78 is 11.0. The van der Waals surface area contributed by atoms with E-state index in [0.29, 0.717) is 17.5 Å². The fourth-order valence-corrected chi connectivity index (χ4v) is 2.41. The van der Waals surface area contributed by atoms with E-state index in [9.17, 15) is 0 Å². The van der Waals surface area contributed by atoms with Crippen molar-refractivity contribution in [2.75, 3.05) is 13.7 Å². The number of fused-ring (bicyclic) bond motifs is 1. The van der Waals surface area contributed by atoms with Gasteiger partial charge >= 0.3 is 0 Å². The number of benzene rings is 1. The van der Waals surface area contributed by atoms with Crippen molar-refractivity contribution < 1.29 is 9.15 Å². The molecule has 0 saturated heterocycles. The molecule has 0 aliphatic carbocycles. The van der Waals surface area contributed by atoms with Crippen molar-refractivity contribution in [3.8, 4) is 0 Å². The Hall–Kier alpha value is -1.07. The number of nitrogens with two attached hydrogens (primary N) is 1. The standard InChI is InChI=1S/C14H19ClN2O2/c1-9(8-18-2)5-12(17-16)14-7-10-6-11(15)3-4-13(10)19-14/h3-4,6-7,9,12,17H,5,8,16H2,1-2H3. The van der Waals surface area contributed by atoms with Crippen LogP contribution in [0.2, 0.25) is 5.02 Å². The Labute approximate surface area is 117 Å². The molecule has 2 atom stereocenters. The number of hydrogen-bond donors (Lipinski definition) is 2. The molecule has 0 saturated carbocycles. The molecular formula is C14H19ClN2O2. The molecule has 1 heterocycles. The van der Waals surface area contributed by atoms with Crippen LogP contribution in [0.5, 0.6) is 0 Å². The van der Waals surface area contributed by atoms with Gasteiger partial charge in [-0.05, 0) is 36.6 Å². The van der Waals surface area contributed by atoms with Crippen LogP contribution in [0, 0.1) is 5.92 Å². The highest BCUT2D eigenvalue weighted by molar-refractivity contribution is 6.31. The zero-order valence-electron chi connectivity index (χ0n) is 11.2. The molecule has 104 valence electrons. The van der Waals surface area contributed by atoms with Crippen LogP contribution >= 0.6 is 11.6 Å². The lowest BCUT2D eigenvalue weighted by Crippen LogP contribution is -2.29. The molecule has 0 aliphatic rings. The fraction of sp³-hybridized carbons (Fsp3) is 0.429. The highest BCUT2D eigenvalue weighted by Crippen LogP contribution is 2.29. The minimum atomic E-state index is -0.0312. The Morgan fingerprint density at radius 2 is 2.21 bits per heavy atom. The summed E-state index contributed by atoms with van der Waals surface area (Å²) in [4.78, 5) is 0. The Balaban J connectivity index is 2.20. The molecule has 2 rings (SSSR count). The summed E-state index contributed by atoms with van der Waals surface area (Å²) in [6.07, 6.45) is 0.845. The van der Waals surface area contributed by atoms with Gasteiger partial charge in [0.1, 0.15) is 11.3 Å². The molecule has 4 nitrogen and oxygen atoms in total. The number of nitrogens with one attached hydrogen (secondary N) is 1. The molecule has 0 bridgehead atoms. The molecule has 19 heavy (non-hydrogen) atoms. The Kier molecular flexibility index (Phi) is 4.82. The Bertz CT molecular complexity index is 541. The van der Waals surface area contributed by atoms with Gasteiger partial charge in [0.25, 0.3) is 0 Å². The number of furan rings is 1. The monoisotopic (exact) mass is 282 g/mol. The molecule has 5 heteroatoms. The van der Waals surface area contributed by atoms with Gasteiger partial charge in [-0.2, -0.15) is 0 Å². The number of rotatable bonds is 6. The first kappa shape index (κ1) is 14.3. The molecule has 0 fully saturated rings. The summed E-state index contributed by atoms with van der Waals surface area (Å²) in [7, 11) is 1.70. The first-order valence-corrected chi connectivity index (χ1v) is 6.66. The SMILES string of the molecule is COCC(C)CC(NN)c1cc2cc(Cl)ccc2o1. The lowest BCUT2D eigenvalue weighted by atomic mass is 10.0. The topological polar surface area (TPSA) is 60.4 Å². The number of methoxy groups -OCH3 is 1. The van der Waals surface area contributed by atoms with Crippen LogP contribution in [-0.2, 0) is 4.74 Å². The molecule has 0 amide bonds. The van der Waals surface area contributed by atoms with Crippen molar-refractivity contribution in [2.24, 2.45) is 11.8 Å². The second-order valence-corrected chi connectivity index (χ2v) is 5.28. The average Bonchev–Trinajstić information content (AvgIpc) is 2.78. The van der Waals surface area contributed by atoms with E-state index < -0.39 is 0 Å². The molecule has 3 N–H and O–H groups in total. The van der Waals surface area contributed by atoms with E-state index in [2.05, 4.69) is 12.3 Å². The van der Waals surface area contributed by atoms with Crippen molar-refractivity contribution in [3.63, 3.8) is 0 Å². The maximum atomic E-state index is 5.97. The second kappa shape index (κ2) is 6.39. The van der Waals surface area contributed by atoms with E-state index in [-0.39, 0.29) is 6.04 Å². The third-order valence-electron chi connectivity index (χ3n) is 3.13. The van der Waals surface area contributed by atoms with Crippen molar-refractivity contribution in [1.29, 1.82) is 0 Å². The van der Waals surface area contributed by atoms with Gasteiger partial charge in [0, 0.05) is 24.1 Å². The van der Waals surface area contributed by atoms with Gasteiger partial charge in [0.05, 0.1) is 6.04 Å². The molecule has 1 aromatic carbocycles. The molecular weight excluding hydrogens is 264 g/mol. The van der Waals surface area contributed by atoms with Crippen molar-refractivity contribution in [2.45, 2.75) is 19.4 Å². The second-order valence-electron chi connectivity index (χ2n) is 4.85. The van der Waals surface area contributed by atoms with E-state index in [0.717, 1.165) is 23.2 Å². The molecule has 1 aromatic heterocycles. The lowest BCUT2D eigenvalue weighted by molar-refractivity contribution is 0.147. The van der Waals surface area contributed by atoms with Crippen molar-refractivity contribution >= 4 is 22.6 Å². The number of ether oxygens (including phenoxy) is 1. The highest BCUT2D eigenvalue weighted by Gasteiger charge is 2.18.